The Kier molecular flexibility index (Phi) is 10.9. The zero-order valence-electron chi connectivity index (χ0n) is 23.3. The fourth-order valence-corrected chi connectivity index (χ4v) is 7.60. The molecule has 0 bridgehead atoms. The Bertz CT molecular complexity index is 1330. The van der Waals surface area contributed by atoms with Crippen LogP contribution in [0.25, 0.3) is 0 Å². The number of nitrogens with zero attached hydrogens (tertiary/aromatic N) is 2. The lowest BCUT2D eigenvalue weighted by atomic mass is 9.97. The highest BCUT2D eigenvalue weighted by Gasteiger charge is 2.39. The van der Waals surface area contributed by atoms with Crippen molar-refractivity contribution in [2.75, 3.05) is 38.5 Å². The van der Waals surface area contributed by atoms with Crippen molar-refractivity contribution in [1.29, 1.82) is 0 Å². The third-order valence-electron chi connectivity index (χ3n) is 7.86. The second-order valence-corrected chi connectivity index (χ2v) is 13.4. The number of piperazine rings is 1. The Labute approximate surface area is 247 Å². The molecule has 0 aromatic heterocycles. The number of benzene rings is 2. The highest BCUT2D eigenvalue weighted by atomic mass is 35.5. The molecule has 11 heteroatoms. The van der Waals surface area contributed by atoms with Gasteiger partial charge in [-0.15, -0.1) is 0 Å². The number of nitrogens with two attached hydrogens (primary N) is 1. The molecule has 0 spiro atoms. The molecular formula is C30H39ClN4O5S. The topological polar surface area (TPSA) is 130 Å². The van der Waals surface area contributed by atoms with Crippen molar-refractivity contribution in [2.24, 2.45) is 11.7 Å². The van der Waals surface area contributed by atoms with Crippen LogP contribution in [0.5, 0.6) is 0 Å². The average Bonchev–Trinajstić information content (AvgIpc) is 3.46. The number of nitrogens with one attached hydrogen (secondary N) is 1. The second kappa shape index (κ2) is 14.4. The lowest BCUT2D eigenvalue weighted by Gasteiger charge is -2.31. The van der Waals surface area contributed by atoms with Gasteiger partial charge in [-0.25, -0.2) is 8.42 Å². The summed E-state index contributed by atoms with van der Waals surface area (Å²) in [5.74, 6) is -2.48. The van der Waals surface area contributed by atoms with Crippen LogP contribution in [0.2, 0.25) is 5.02 Å². The smallest absolute Gasteiger partial charge is 0.227 e. The highest BCUT2D eigenvalue weighted by Crippen LogP contribution is 2.26. The standard InChI is InChI=1S/C30H39ClN4O5S/c31-26-10-8-24(19-32)23(17-26)9-11-28(36)27-7-4-14-35(27)30(38)25(18-29(37)34-15-12-33-13-16-34)21-41(39,40)20-22-5-2-1-3-6-22/h1-3,5-6,8,10,17,25,27,33H,4,7,9,11-16,18-21,32H2/t25-,27-/m0/s1. The van der Waals surface area contributed by atoms with Gasteiger partial charge in [0.1, 0.15) is 0 Å². The van der Waals surface area contributed by atoms with Gasteiger partial charge in [0, 0.05) is 57.1 Å². The van der Waals surface area contributed by atoms with E-state index in [0.717, 1.165) is 11.1 Å². The number of likely N-dealkylation sites (tertiary alicyclic amines) is 1. The van der Waals surface area contributed by atoms with Gasteiger partial charge in [0.05, 0.1) is 23.5 Å². The van der Waals surface area contributed by atoms with Crippen LogP contribution in [0.3, 0.4) is 0 Å². The zero-order chi connectivity index (χ0) is 29.4. The molecule has 2 aliphatic rings. The SMILES string of the molecule is NCc1ccc(Cl)cc1CCC(=O)[C@@H]1CCCN1C(=O)[C@@H](CC(=O)N1CCNCC1)CS(=O)(=O)Cc1ccccc1. The number of sulfone groups is 1. The summed E-state index contributed by atoms with van der Waals surface area (Å²) in [6, 6.07) is 13.6. The van der Waals surface area contributed by atoms with Crippen molar-refractivity contribution < 1.29 is 22.8 Å². The molecular weight excluding hydrogens is 564 g/mol. The molecule has 0 radical (unpaired) electrons. The lowest BCUT2D eigenvalue weighted by molar-refractivity contribution is -0.143. The quantitative estimate of drug-likeness (QED) is 0.381. The minimum atomic E-state index is -3.72. The summed E-state index contributed by atoms with van der Waals surface area (Å²) in [5, 5.41) is 3.76. The normalized spacial score (nSPS) is 18.3. The first-order valence-corrected chi connectivity index (χ1v) is 16.4. The van der Waals surface area contributed by atoms with Crippen molar-refractivity contribution in [3.8, 4) is 0 Å². The number of amides is 2. The van der Waals surface area contributed by atoms with Gasteiger partial charge in [-0.3, -0.25) is 14.4 Å². The van der Waals surface area contributed by atoms with E-state index in [4.69, 9.17) is 17.3 Å². The van der Waals surface area contributed by atoms with Crippen molar-refractivity contribution >= 4 is 39.0 Å². The molecule has 3 N–H and O–H groups in total. The van der Waals surface area contributed by atoms with E-state index >= 15 is 0 Å². The molecule has 2 amide bonds. The third-order valence-corrected chi connectivity index (χ3v) is 9.78. The van der Waals surface area contributed by atoms with Crippen LogP contribution in [0.4, 0.5) is 0 Å². The van der Waals surface area contributed by atoms with E-state index in [9.17, 15) is 22.8 Å². The molecule has 0 saturated carbocycles. The Morgan fingerprint density at radius 2 is 1.76 bits per heavy atom. The number of halogens is 1. The summed E-state index contributed by atoms with van der Waals surface area (Å²) < 4.78 is 26.5. The molecule has 2 aliphatic heterocycles. The van der Waals surface area contributed by atoms with Gasteiger partial charge in [-0.1, -0.05) is 48.0 Å². The third kappa shape index (κ3) is 8.61. The van der Waals surface area contributed by atoms with Crippen LogP contribution in [0.15, 0.2) is 48.5 Å². The molecule has 222 valence electrons. The lowest BCUT2D eigenvalue weighted by Crippen LogP contribution is -2.49. The van der Waals surface area contributed by atoms with Crippen LogP contribution in [0.1, 0.15) is 42.4 Å². The van der Waals surface area contributed by atoms with Gasteiger partial charge in [-0.05, 0) is 48.1 Å². The van der Waals surface area contributed by atoms with Crippen LogP contribution in [-0.2, 0) is 42.9 Å². The first-order chi connectivity index (χ1) is 19.7. The summed E-state index contributed by atoms with van der Waals surface area (Å²) in [4.78, 5) is 43.7. The number of ketones is 1. The highest BCUT2D eigenvalue weighted by molar-refractivity contribution is 7.90. The molecule has 9 nitrogen and oxygen atoms in total. The number of carbonyl (C=O) groups is 3. The van der Waals surface area contributed by atoms with Gasteiger partial charge in [0.2, 0.25) is 11.8 Å². The van der Waals surface area contributed by atoms with E-state index in [0.29, 0.717) is 69.1 Å². The van der Waals surface area contributed by atoms with Gasteiger partial charge >= 0.3 is 0 Å². The van der Waals surface area contributed by atoms with Gasteiger partial charge in [0.25, 0.3) is 0 Å². The molecule has 2 fully saturated rings. The van der Waals surface area contributed by atoms with Crippen molar-refractivity contribution in [3.63, 3.8) is 0 Å². The first-order valence-electron chi connectivity index (χ1n) is 14.2. The fourth-order valence-electron chi connectivity index (χ4n) is 5.72. The fraction of sp³-hybridized carbons (Fsp3) is 0.500. The van der Waals surface area contributed by atoms with E-state index in [-0.39, 0.29) is 30.3 Å². The van der Waals surface area contributed by atoms with Gasteiger partial charge in [0.15, 0.2) is 15.6 Å². The number of hydrogen-bond donors (Lipinski definition) is 2. The maximum atomic E-state index is 13.9. The molecule has 41 heavy (non-hydrogen) atoms. The predicted molar refractivity (Wildman–Crippen MR) is 159 cm³/mol. The molecule has 2 aromatic carbocycles. The Balaban J connectivity index is 1.49. The molecule has 2 saturated heterocycles. The number of carbonyl (C=O) groups excluding carboxylic acids is 3. The Morgan fingerprint density at radius 1 is 1.02 bits per heavy atom. The number of rotatable bonds is 12. The minimum Gasteiger partial charge on any atom is -0.340 e. The minimum absolute atomic E-state index is 0.0851. The van der Waals surface area contributed by atoms with Crippen molar-refractivity contribution in [1.82, 2.24) is 15.1 Å². The molecule has 2 aromatic rings. The predicted octanol–water partition coefficient (Wildman–Crippen LogP) is 2.34. The monoisotopic (exact) mass is 602 g/mol. The van der Waals surface area contributed by atoms with Gasteiger partial charge in [-0.2, -0.15) is 0 Å². The molecule has 0 unspecified atom stereocenters. The van der Waals surface area contributed by atoms with Crippen LogP contribution in [-0.4, -0.2) is 80.3 Å². The number of Topliss-reactive ketones (excluding diaryl/α,β-unsaturated/α-hetero) is 1. The summed E-state index contributed by atoms with van der Waals surface area (Å²) in [7, 11) is -3.72. The van der Waals surface area contributed by atoms with E-state index in [1.807, 2.05) is 18.2 Å². The van der Waals surface area contributed by atoms with Crippen LogP contribution < -0.4 is 11.1 Å². The van der Waals surface area contributed by atoms with E-state index < -0.39 is 33.5 Å². The van der Waals surface area contributed by atoms with E-state index in [1.54, 1.807) is 35.2 Å². The van der Waals surface area contributed by atoms with Crippen LogP contribution in [0, 0.1) is 5.92 Å². The van der Waals surface area contributed by atoms with E-state index in [2.05, 4.69) is 5.32 Å². The maximum absolute atomic E-state index is 13.9. The zero-order valence-corrected chi connectivity index (χ0v) is 24.8. The Morgan fingerprint density at radius 3 is 2.46 bits per heavy atom. The first kappa shape index (κ1) is 31.2. The average molecular weight is 603 g/mol. The summed E-state index contributed by atoms with van der Waals surface area (Å²) in [6.45, 7) is 3.01. The van der Waals surface area contributed by atoms with Crippen molar-refractivity contribution in [3.05, 3.63) is 70.2 Å². The Hall–Kier alpha value is -2.79. The molecule has 0 aliphatic carbocycles. The molecule has 2 atom stereocenters. The summed E-state index contributed by atoms with van der Waals surface area (Å²) >= 11 is 6.16. The summed E-state index contributed by atoms with van der Waals surface area (Å²) in [6.07, 6.45) is 1.60. The molecule has 4 rings (SSSR count). The van der Waals surface area contributed by atoms with Crippen molar-refractivity contribution in [2.45, 2.75) is 50.4 Å². The van der Waals surface area contributed by atoms with Crippen LogP contribution >= 0.6 is 11.6 Å². The van der Waals surface area contributed by atoms with Gasteiger partial charge < -0.3 is 20.9 Å². The number of hydrogen-bond acceptors (Lipinski definition) is 7. The largest absolute Gasteiger partial charge is 0.340 e. The summed E-state index contributed by atoms with van der Waals surface area (Å²) in [5.41, 5.74) is 8.29. The second-order valence-electron chi connectivity index (χ2n) is 10.8. The molecule has 2 heterocycles. The maximum Gasteiger partial charge on any atom is 0.227 e. The van der Waals surface area contributed by atoms with E-state index in [1.165, 1.54) is 4.90 Å². The number of aryl methyl sites for hydroxylation is 1.